The van der Waals surface area contributed by atoms with E-state index in [1.165, 1.54) is 0 Å². The van der Waals surface area contributed by atoms with Crippen molar-refractivity contribution < 1.29 is 17.9 Å². The molecule has 0 spiro atoms. The maximum Gasteiger partial charge on any atom is 0.240 e. The molecule has 1 N–H and O–H groups in total. The summed E-state index contributed by atoms with van der Waals surface area (Å²) in [6.07, 6.45) is 2.56. The predicted molar refractivity (Wildman–Crippen MR) is 98.9 cm³/mol. The third kappa shape index (κ3) is 5.87. The number of ether oxygens (including phenoxy) is 2. The lowest BCUT2D eigenvalue weighted by atomic mass is 10.2. The summed E-state index contributed by atoms with van der Waals surface area (Å²) in [4.78, 5) is 2.55. The number of fused-ring (bicyclic) bond motifs is 1. The first-order chi connectivity index (χ1) is 12.0. The number of rotatable bonds is 9. The standard InChI is InChI=1S/C18H30N2O4S/c1-4-20(5-2)11-6-8-15(3)19-25(21,22)16-9-10-17-18(14-16)24-13-7-12-23-17/h9-10,14-15,19H,4-8,11-13H2,1-3H3/t15-/m1/s1. The van der Waals surface area contributed by atoms with Crippen molar-refractivity contribution in [3.05, 3.63) is 18.2 Å². The van der Waals surface area contributed by atoms with Gasteiger partial charge in [0.1, 0.15) is 0 Å². The number of nitrogens with zero attached hydrogens (tertiary/aromatic N) is 1. The first kappa shape index (κ1) is 20.0. The molecule has 0 amide bonds. The molecule has 1 aromatic rings. The van der Waals surface area contributed by atoms with Crippen LogP contribution in [0.1, 0.15) is 40.0 Å². The van der Waals surface area contributed by atoms with Gasteiger partial charge in [-0.25, -0.2) is 13.1 Å². The average Bonchev–Trinajstić information content (AvgIpc) is 2.83. The van der Waals surface area contributed by atoms with Gasteiger partial charge < -0.3 is 14.4 Å². The van der Waals surface area contributed by atoms with Crippen LogP contribution in [0.5, 0.6) is 11.5 Å². The summed E-state index contributed by atoms with van der Waals surface area (Å²) in [7, 11) is -3.57. The van der Waals surface area contributed by atoms with Crippen molar-refractivity contribution in [2.75, 3.05) is 32.8 Å². The van der Waals surface area contributed by atoms with Gasteiger partial charge in [0.25, 0.3) is 0 Å². The molecule has 1 aliphatic rings. The van der Waals surface area contributed by atoms with Crippen molar-refractivity contribution in [2.45, 2.75) is 51.0 Å². The summed E-state index contributed by atoms with van der Waals surface area (Å²) in [6.45, 7) is 10.3. The molecule has 0 unspecified atom stereocenters. The molecule has 1 heterocycles. The Hall–Kier alpha value is -1.31. The fraction of sp³-hybridized carbons (Fsp3) is 0.667. The Morgan fingerprint density at radius 3 is 2.52 bits per heavy atom. The van der Waals surface area contributed by atoms with E-state index >= 15 is 0 Å². The molecule has 0 saturated heterocycles. The van der Waals surface area contributed by atoms with Gasteiger partial charge in [-0.05, 0) is 51.5 Å². The molecule has 0 radical (unpaired) electrons. The second kappa shape index (κ2) is 9.40. The van der Waals surface area contributed by atoms with Crippen LogP contribution in [0.3, 0.4) is 0 Å². The summed E-state index contributed by atoms with van der Waals surface area (Å²) in [5.41, 5.74) is 0. The molecule has 1 aliphatic heterocycles. The van der Waals surface area contributed by atoms with Gasteiger partial charge >= 0.3 is 0 Å². The fourth-order valence-corrected chi connectivity index (χ4v) is 4.16. The van der Waals surface area contributed by atoms with E-state index in [0.717, 1.165) is 38.9 Å². The second-order valence-corrected chi connectivity index (χ2v) is 8.06. The molecule has 0 saturated carbocycles. The predicted octanol–water partition coefficient (Wildman–Crippen LogP) is 2.64. The van der Waals surface area contributed by atoms with E-state index in [1.807, 2.05) is 6.92 Å². The van der Waals surface area contributed by atoms with Gasteiger partial charge in [-0.3, -0.25) is 0 Å². The number of hydrogen-bond donors (Lipinski definition) is 1. The first-order valence-corrected chi connectivity index (χ1v) is 10.6. The number of nitrogens with one attached hydrogen (secondary N) is 1. The second-order valence-electron chi connectivity index (χ2n) is 6.35. The molecule has 0 fully saturated rings. The Bertz CT molecular complexity index is 644. The molecule has 6 nitrogen and oxygen atoms in total. The quantitative estimate of drug-likeness (QED) is 0.724. The number of hydrogen-bond acceptors (Lipinski definition) is 5. The summed E-state index contributed by atoms with van der Waals surface area (Å²) in [5, 5.41) is 0. The van der Waals surface area contributed by atoms with Gasteiger partial charge in [0.15, 0.2) is 11.5 Å². The van der Waals surface area contributed by atoms with Crippen molar-refractivity contribution in [2.24, 2.45) is 0 Å². The Balaban J connectivity index is 1.95. The van der Waals surface area contributed by atoms with Crippen molar-refractivity contribution >= 4 is 10.0 Å². The maximum atomic E-state index is 12.6. The molecule has 0 aliphatic carbocycles. The van der Waals surface area contributed by atoms with Crippen LogP contribution in [-0.4, -0.2) is 52.2 Å². The zero-order valence-corrected chi connectivity index (χ0v) is 16.3. The highest BCUT2D eigenvalue weighted by atomic mass is 32.2. The van der Waals surface area contributed by atoms with E-state index < -0.39 is 10.0 Å². The highest BCUT2D eigenvalue weighted by Crippen LogP contribution is 2.31. The molecular weight excluding hydrogens is 340 g/mol. The number of benzene rings is 1. The van der Waals surface area contributed by atoms with E-state index in [-0.39, 0.29) is 10.9 Å². The van der Waals surface area contributed by atoms with Crippen LogP contribution >= 0.6 is 0 Å². The third-order valence-corrected chi connectivity index (χ3v) is 5.98. The van der Waals surface area contributed by atoms with Crippen LogP contribution in [-0.2, 0) is 10.0 Å². The van der Waals surface area contributed by atoms with Crippen LogP contribution < -0.4 is 14.2 Å². The van der Waals surface area contributed by atoms with Gasteiger partial charge in [-0.2, -0.15) is 0 Å². The molecular formula is C18H30N2O4S. The largest absolute Gasteiger partial charge is 0.490 e. The van der Waals surface area contributed by atoms with Gasteiger partial charge in [0.2, 0.25) is 10.0 Å². The first-order valence-electron chi connectivity index (χ1n) is 9.10. The monoisotopic (exact) mass is 370 g/mol. The lowest BCUT2D eigenvalue weighted by molar-refractivity contribution is 0.293. The van der Waals surface area contributed by atoms with Crippen molar-refractivity contribution in [1.29, 1.82) is 0 Å². The van der Waals surface area contributed by atoms with Gasteiger partial charge in [0.05, 0.1) is 18.1 Å². The van der Waals surface area contributed by atoms with Gasteiger partial charge in [-0.1, -0.05) is 13.8 Å². The van der Waals surface area contributed by atoms with Crippen LogP contribution in [0.15, 0.2) is 23.1 Å². The highest BCUT2D eigenvalue weighted by Gasteiger charge is 2.20. The fourth-order valence-electron chi connectivity index (χ4n) is 2.86. The molecule has 1 atom stereocenters. The van der Waals surface area contributed by atoms with E-state index in [4.69, 9.17) is 9.47 Å². The highest BCUT2D eigenvalue weighted by molar-refractivity contribution is 7.89. The maximum absolute atomic E-state index is 12.6. The van der Waals surface area contributed by atoms with Crippen LogP contribution in [0, 0.1) is 0 Å². The average molecular weight is 371 g/mol. The topological polar surface area (TPSA) is 67.9 Å². The molecule has 0 bridgehead atoms. The van der Waals surface area contributed by atoms with Crippen molar-refractivity contribution in [3.8, 4) is 11.5 Å². The zero-order chi connectivity index (χ0) is 18.3. The van der Waals surface area contributed by atoms with E-state index in [9.17, 15) is 8.42 Å². The summed E-state index contributed by atoms with van der Waals surface area (Å²) >= 11 is 0. The summed E-state index contributed by atoms with van der Waals surface area (Å²) in [6, 6.07) is 4.67. The van der Waals surface area contributed by atoms with Gasteiger partial charge in [0, 0.05) is 18.5 Å². The molecule has 25 heavy (non-hydrogen) atoms. The zero-order valence-electron chi connectivity index (χ0n) is 15.5. The summed E-state index contributed by atoms with van der Waals surface area (Å²) in [5.74, 6) is 1.10. The van der Waals surface area contributed by atoms with E-state index in [0.29, 0.717) is 24.7 Å². The minimum Gasteiger partial charge on any atom is -0.490 e. The Morgan fingerprint density at radius 2 is 1.84 bits per heavy atom. The minimum atomic E-state index is -3.57. The Labute approximate surface area is 151 Å². The molecule has 142 valence electrons. The SMILES string of the molecule is CCN(CC)CCC[C@@H](C)NS(=O)(=O)c1ccc2c(c1)OCCCO2. The third-order valence-electron chi connectivity index (χ3n) is 4.39. The molecule has 1 aromatic carbocycles. The smallest absolute Gasteiger partial charge is 0.240 e. The normalized spacial score (nSPS) is 15.8. The molecule has 7 heteroatoms. The van der Waals surface area contributed by atoms with Crippen molar-refractivity contribution in [1.82, 2.24) is 9.62 Å². The summed E-state index contributed by atoms with van der Waals surface area (Å²) < 4.78 is 39.1. The van der Waals surface area contributed by atoms with Crippen LogP contribution in [0.2, 0.25) is 0 Å². The van der Waals surface area contributed by atoms with Crippen LogP contribution in [0.4, 0.5) is 0 Å². The molecule has 2 rings (SSSR count). The lowest BCUT2D eigenvalue weighted by Gasteiger charge is -2.20. The Morgan fingerprint density at radius 1 is 1.16 bits per heavy atom. The van der Waals surface area contributed by atoms with Gasteiger partial charge in [-0.15, -0.1) is 0 Å². The lowest BCUT2D eigenvalue weighted by Crippen LogP contribution is -2.33. The minimum absolute atomic E-state index is 0.114. The number of sulfonamides is 1. The van der Waals surface area contributed by atoms with Crippen molar-refractivity contribution in [3.63, 3.8) is 0 Å². The van der Waals surface area contributed by atoms with E-state index in [1.54, 1.807) is 18.2 Å². The Kier molecular flexibility index (Phi) is 7.53. The molecule has 0 aromatic heterocycles. The van der Waals surface area contributed by atoms with Crippen LogP contribution in [0.25, 0.3) is 0 Å². The van der Waals surface area contributed by atoms with E-state index in [2.05, 4.69) is 23.5 Å².